The Balaban J connectivity index is 1.62. The summed E-state index contributed by atoms with van der Waals surface area (Å²) in [5.74, 6) is 0.261. The fraction of sp³-hybridized carbons (Fsp3) is 0.222. The van der Waals surface area contributed by atoms with Crippen molar-refractivity contribution in [1.82, 2.24) is 4.98 Å². The van der Waals surface area contributed by atoms with Gasteiger partial charge in [-0.1, -0.05) is 36.4 Å². The van der Waals surface area contributed by atoms with Gasteiger partial charge in [0.15, 0.2) is 0 Å². The highest BCUT2D eigenvalue weighted by Crippen LogP contribution is 2.22. The Morgan fingerprint density at radius 1 is 1.10 bits per heavy atom. The van der Waals surface area contributed by atoms with E-state index >= 15 is 0 Å². The molecule has 1 heterocycles. The minimum Gasteiger partial charge on any atom is -0.299 e. The van der Waals surface area contributed by atoms with Crippen LogP contribution >= 0.6 is 11.3 Å². The number of nitrogens with zero attached hydrogens (tertiary/aromatic N) is 1. The van der Waals surface area contributed by atoms with Crippen LogP contribution in [0.1, 0.15) is 22.6 Å². The van der Waals surface area contributed by atoms with E-state index in [1.54, 1.807) is 11.3 Å². The van der Waals surface area contributed by atoms with Crippen LogP contribution in [0.5, 0.6) is 0 Å². The van der Waals surface area contributed by atoms with Gasteiger partial charge in [-0.15, -0.1) is 11.3 Å². The normalized spacial score (nSPS) is 10.9. The first-order valence-corrected chi connectivity index (χ1v) is 7.94. The zero-order chi connectivity index (χ0) is 14.7. The van der Waals surface area contributed by atoms with Gasteiger partial charge in [0.2, 0.25) is 0 Å². The summed E-state index contributed by atoms with van der Waals surface area (Å²) in [6, 6.07) is 16.3. The predicted octanol–water partition coefficient (Wildman–Crippen LogP) is 4.35. The number of para-hydroxylation sites is 1. The monoisotopic (exact) mass is 295 g/mol. The number of aromatic nitrogens is 1. The van der Waals surface area contributed by atoms with Crippen molar-refractivity contribution in [2.24, 2.45) is 0 Å². The van der Waals surface area contributed by atoms with Crippen molar-refractivity contribution < 1.29 is 4.79 Å². The maximum Gasteiger partial charge on any atom is 0.140 e. The molecule has 0 N–H and O–H groups in total. The summed E-state index contributed by atoms with van der Waals surface area (Å²) in [5, 5.41) is 0.922. The van der Waals surface area contributed by atoms with Crippen LogP contribution in [0.4, 0.5) is 0 Å². The zero-order valence-electron chi connectivity index (χ0n) is 12.0. The molecule has 2 aromatic carbocycles. The summed E-state index contributed by atoms with van der Waals surface area (Å²) >= 11 is 1.62. The van der Waals surface area contributed by atoms with E-state index in [1.807, 2.05) is 36.4 Å². The average Bonchev–Trinajstić information content (AvgIpc) is 2.88. The van der Waals surface area contributed by atoms with E-state index in [1.165, 1.54) is 11.1 Å². The van der Waals surface area contributed by atoms with Crippen LogP contribution in [-0.4, -0.2) is 10.8 Å². The fourth-order valence-corrected chi connectivity index (χ4v) is 3.41. The third-order valence-corrected chi connectivity index (χ3v) is 4.66. The average molecular weight is 295 g/mol. The Morgan fingerprint density at radius 3 is 2.67 bits per heavy atom. The number of fused-ring (bicyclic) bond motifs is 1. The number of carbonyl (C=O) groups is 1. The van der Waals surface area contributed by atoms with Gasteiger partial charge in [-0.3, -0.25) is 4.79 Å². The molecule has 0 saturated carbocycles. The Morgan fingerprint density at radius 2 is 1.86 bits per heavy atom. The van der Waals surface area contributed by atoms with Crippen molar-refractivity contribution in [2.75, 3.05) is 0 Å². The highest BCUT2D eigenvalue weighted by molar-refractivity contribution is 7.18. The minimum atomic E-state index is 0.261. The summed E-state index contributed by atoms with van der Waals surface area (Å²) in [7, 11) is 0. The Bertz CT molecular complexity index is 742. The molecule has 0 fully saturated rings. The van der Waals surface area contributed by atoms with E-state index in [4.69, 9.17) is 0 Å². The molecule has 3 aromatic rings. The number of aryl methyl sites for hydroxylation is 2. The van der Waals surface area contributed by atoms with Crippen LogP contribution in [0.3, 0.4) is 0 Å². The summed E-state index contributed by atoms with van der Waals surface area (Å²) < 4.78 is 1.15. The third-order valence-electron chi connectivity index (χ3n) is 3.62. The second-order valence-corrected chi connectivity index (χ2v) is 6.33. The molecule has 0 amide bonds. The molecule has 0 aliphatic rings. The lowest BCUT2D eigenvalue weighted by atomic mass is 10.0. The van der Waals surface area contributed by atoms with E-state index < -0.39 is 0 Å². The second kappa shape index (κ2) is 6.19. The standard InChI is InChI=1S/C18H17NOS/c1-13-6-2-3-7-14(13)10-11-15(20)12-18-19-16-8-4-5-9-17(16)21-18/h2-9H,10-12H2,1H3. The van der Waals surface area contributed by atoms with Gasteiger partial charge in [0.1, 0.15) is 10.8 Å². The first-order chi connectivity index (χ1) is 10.2. The van der Waals surface area contributed by atoms with Crippen molar-refractivity contribution in [1.29, 1.82) is 0 Å². The molecule has 0 atom stereocenters. The van der Waals surface area contributed by atoms with Crippen molar-refractivity contribution in [3.63, 3.8) is 0 Å². The van der Waals surface area contributed by atoms with Gasteiger partial charge >= 0.3 is 0 Å². The third kappa shape index (κ3) is 3.37. The van der Waals surface area contributed by atoms with Gasteiger partial charge in [-0.2, -0.15) is 0 Å². The van der Waals surface area contributed by atoms with Gasteiger partial charge in [0.05, 0.1) is 16.6 Å². The molecule has 0 aliphatic heterocycles. The van der Waals surface area contributed by atoms with Crippen LogP contribution in [0.2, 0.25) is 0 Å². The van der Waals surface area contributed by atoms with Crippen LogP contribution in [0.25, 0.3) is 10.2 Å². The van der Waals surface area contributed by atoms with E-state index in [9.17, 15) is 4.79 Å². The molecule has 1 aromatic heterocycles. The largest absolute Gasteiger partial charge is 0.299 e. The number of benzene rings is 2. The molecule has 0 unspecified atom stereocenters. The number of hydrogen-bond donors (Lipinski definition) is 0. The number of Topliss-reactive ketones (excluding diaryl/α,β-unsaturated/α-hetero) is 1. The molecule has 0 saturated heterocycles. The zero-order valence-corrected chi connectivity index (χ0v) is 12.8. The molecule has 3 rings (SSSR count). The van der Waals surface area contributed by atoms with Crippen molar-refractivity contribution >= 4 is 27.3 Å². The molecular weight excluding hydrogens is 278 g/mol. The summed E-state index contributed by atoms with van der Waals surface area (Å²) in [4.78, 5) is 16.7. The molecule has 0 radical (unpaired) electrons. The van der Waals surface area contributed by atoms with Gasteiger partial charge < -0.3 is 0 Å². The van der Waals surface area contributed by atoms with Gasteiger partial charge in [0, 0.05) is 6.42 Å². The SMILES string of the molecule is Cc1ccccc1CCC(=O)Cc1nc2ccccc2s1. The smallest absolute Gasteiger partial charge is 0.140 e. The number of carbonyl (C=O) groups excluding carboxylic acids is 1. The maximum absolute atomic E-state index is 12.1. The molecule has 0 aliphatic carbocycles. The van der Waals surface area contributed by atoms with Crippen LogP contribution < -0.4 is 0 Å². The summed E-state index contributed by atoms with van der Waals surface area (Å²) in [6.45, 7) is 2.09. The van der Waals surface area contributed by atoms with E-state index in [0.717, 1.165) is 21.6 Å². The van der Waals surface area contributed by atoms with Gasteiger partial charge in [-0.05, 0) is 36.6 Å². The minimum absolute atomic E-state index is 0.261. The highest BCUT2D eigenvalue weighted by atomic mass is 32.1. The lowest BCUT2D eigenvalue weighted by molar-refractivity contribution is -0.118. The van der Waals surface area contributed by atoms with E-state index in [-0.39, 0.29) is 5.78 Å². The lowest BCUT2D eigenvalue weighted by Gasteiger charge is -2.04. The molecule has 0 bridgehead atoms. The number of rotatable bonds is 5. The molecule has 106 valence electrons. The topological polar surface area (TPSA) is 30.0 Å². The molecule has 0 spiro atoms. The van der Waals surface area contributed by atoms with Crippen LogP contribution in [-0.2, 0) is 17.6 Å². The molecule has 3 heteroatoms. The summed E-state index contributed by atoms with van der Waals surface area (Å²) in [6.07, 6.45) is 1.85. The van der Waals surface area contributed by atoms with Crippen LogP contribution in [0.15, 0.2) is 48.5 Å². The molecular formula is C18H17NOS. The molecule has 21 heavy (non-hydrogen) atoms. The number of thiazole rings is 1. The van der Waals surface area contributed by atoms with E-state index in [2.05, 4.69) is 24.0 Å². The van der Waals surface area contributed by atoms with E-state index in [0.29, 0.717) is 12.8 Å². The van der Waals surface area contributed by atoms with Gasteiger partial charge in [-0.25, -0.2) is 4.98 Å². The first-order valence-electron chi connectivity index (χ1n) is 7.13. The molecule has 2 nitrogen and oxygen atoms in total. The number of ketones is 1. The van der Waals surface area contributed by atoms with Crippen molar-refractivity contribution in [3.05, 3.63) is 64.7 Å². The summed E-state index contributed by atoms with van der Waals surface area (Å²) in [5.41, 5.74) is 3.50. The van der Waals surface area contributed by atoms with Crippen molar-refractivity contribution in [3.8, 4) is 0 Å². The highest BCUT2D eigenvalue weighted by Gasteiger charge is 2.09. The maximum atomic E-state index is 12.1. The van der Waals surface area contributed by atoms with Gasteiger partial charge in [0.25, 0.3) is 0 Å². The Hall–Kier alpha value is -2.00. The fourth-order valence-electron chi connectivity index (χ4n) is 2.42. The second-order valence-electron chi connectivity index (χ2n) is 5.22. The number of hydrogen-bond acceptors (Lipinski definition) is 3. The van der Waals surface area contributed by atoms with Crippen molar-refractivity contribution in [2.45, 2.75) is 26.2 Å². The lowest BCUT2D eigenvalue weighted by Crippen LogP contribution is -2.04. The van der Waals surface area contributed by atoms with Crippen LogP contribution in [0, 0.1) is 6.92 Å². The Labute approximate surface area is 128 Å². The quantitative estimate of drug-likeness (QED) is 0.700. The predicted molar refractivity (Wildman–Crippen MR) is 87.8 cm³/mol. The Kier molecular flexibility index (Phi) is 4.11. The first kappa shape index (κ1) is 14.0.